The molecule has 0 N–H and O–H groups in total. The number of carbonyl (C=O) groups is 1. The smallest absolute Gasteiger partial charge is 0.113 e. The van der Waals surface area contributed by atoms with Crippen molar-refractivity contribution < 1.29 is 4.79 Å². The zero-order valence-electron chi connectivity index (χ0n) is 15.4. The number of hydrogen-bond donors (Lipinski definition) is 0. The highest BCUT2D eigenvalue weighted by Gasteiger charge is 2.67. The van der Waals surface area contributed by atoms with Crippen LogP contribution in [0.5, 0.6) is 0 Å². The van der Waals surface area contributed by atoms with Crippen molar-refractivity contribution in [1.29, 1.82) is 0 Å². The van der Waals surface area contributed by atoms with Gasteiger partial charge in [0.25, 0.3) is 0 Å². The Morgan fingerprint density at radius 2 is 0.842 bits per heavy atom. The average Bonchev–Trinajstić information content (AvgIpc) is 1.92. The van der Waals surface area contributed by atoms with E-state index in [2.05, 4.69) is 79.7 Å². The third-order valence-electron chi connectivity index (χ3n) is 4.40. The van der Waals surface area contributed by atoms with Gasteiger partial charge in [-0.2, -0.15) is 0 Å². The normalized spacial score (nSPS) is 15.6. The van der Waals surface area contributed by atoms with Crippen LogP contribution < -0.4 is 0 Å². The first-order valence-corrected chi connectivity index (χ1v) is 23.0. The lowest BCUT2D eigenvalue weighted by Crippen LogP contribution is -2.88. The molecule has 5 heteroatoms. The van der Waals surface area contributed by atoms with Gasteiger partial charge < -0.3 is 4.79 Å². The van der Waals surface area contributed by atoms with Crippen LogP contribution in [0.25, 0.3) is 0 Å². The molecule has 0 heterocycles. The molecule has 1 nitrogen and oxygen atoms in total. The van der Waals surface area contributed by atoms with E-state index in [0.29, 0.717) is 5.41 Å². The second kappa shape index (κ2) is 5.07. The lowest BCUT2D eigenvalue weighted by molar-refractivity contribution is -0.118. The predicted octanol–water partition coefficient (Wildman–Crippen LogP) is 4.84. The van der Waals surface area contributed by atoms with E-state index in [-0.39, 0.29) is 5.41 Å². The summed E-state index contributed by atoms with van der Waals surface area (Å²) in [6.07, 6.45) is 0. The molecular formula is C14H36OSi4. The molecule has 0 saturated heterocycles. The molecule has 0 aliphatic rings. The van der Waals surface area contributed by atoms with E-state index >= 15 is 0 Å². The Bertz CT molecular complexity index is 312. The standard InChI is InChI=1S/C14H36OSi4/c1-14(2,3)13(15)19(16(4,5)6,17(7,8)9)18(10,11)12/h1-12H3. The zero-order valence-corrected chi connectivity index (χ0v) is 19.4. The van der Waals surface area contributed by atoms with Crippen molar-refractivity contribution in [3.63, 3.8) is 0 Å². The Morgan fingerprint density at radius 1 is 0.632 bits per heavy atom. The summed E-state index contributed by atoms with van der Waals surface area (Å²) in [6, 6.07) is 0. The average molecular weight is 333 g/mol. The van der Waals surface area contributed by atoms with Crippen LogP contribution in [0.15, 0.2) is 0 Å². The molecule has 0 aliphatic carbocycles. The Kier molecular flexibility index (Phi) is 5.21. The molecule has 0 saturated carbocycles. The van der Waals surface area contributed by atoms with Crippen LogP contribution in [0.3, 0.4) is 0 Å². The van der Waals surface area contributed by atoms with Crippen molar-refractivity contribution in [3.8, 4) is 0 Å². The van der Waals surface area contributed by atoms with E-state index in [9.17, 15) is 4.79 Å². The molecular weight excluding hydrogens is 296 g/mol. The van der Waals surface area contributed by atoms with Gasteiger partial charge in [0.05, 0.1) is 0 Å². The number of hydrogen-bond acceptors (Lipinski definition) is 1. The third-order valence-corrected chi connectivity index (χ3v) is 75.4. The molecule has 0 bridgehead atoms. The van der Waals surface area contributed by atoms with E-state index in [0.717, 1.165) is 0 Å². The topological polar surface area (TPSA) is 17.1 Å². The second-order valence-electron chi connectivity index (χ2n) is 10.1. The summed E-state index contributed by atoms with van der Waals surface area (Å²) in [5.41, 5.74) is -0.160. The molecule has 0 amide bonds. The summed E-state index contributed by atoms with van der Waals surface area (Å²) in [4.78, 5) is 13.6. The first kappa shape index (κ1) is 19.5. The van der Waals surface area contributed by atoms with Gasteiger partial charge in [0, 0.05) is 28.2 Å². The molecule has 0 aromatic carbocycles. The number of rotatable bonds is 4. The highest BCUT2D eigenvalue weighted by Crippen LogP contribution is 2.41. The first-order chi connectivity index (χ1) is 7.90. The van der Waals surface area contributed by atoms with Gasteiger partial charge >= 0.3 is 0 Å². The maximum absolute atomic E-state index is 13.6. The first-order valence-electron chi connectivity index (χ1n) is 7.45. The minimum Gasteiger partial charge on any atom is -0.306 e. The second-order valence-corrected chi connectivity index (χ2v) is 50.3. The lowest BCUT2D eigenvalue weighted by atomic mass is 9.99. The van der Waals surface area contributed by atoms with Gasteiger partial charge in [0.2, 0.25) is 0 Å². The van der Waals surface area contributed by atoms with Crippen LogP contribution in [0, 0.1) is 5.41 Å². The van der Waals surface area contributed by atoms with Crippen LogP contribution in [0.2, 0.25) is 58.9 Å². The Hall–Kier alpha value is 0.538. The van der Waals surface area contributed by atoms with Crippen molar-refractivity contribution in [2.75, 3.05) is 0 Å². The Balaban J connectivity index is 6.55. The van der Waals surface area contributed by atoms with Gasteiger partial charge in [-0.25, -0.2) is 0 Å². The third kappa shape index (κ3) is 3.24. The predicted molar refractivity (Wildman–Crippen MR) is 100 cm³/mol. The van der Waals surface area contributed by atoms with E-state index in [1.54, 1.807) is 0 Å². The minimum atomic E-state index is -1.86. The van der Waals surface area contributed by atoms with Gasteiger partial charge in [0.1, 0.15) is 12.0 Å². The monoisotopic (exact) mass is 332 g/mol. The fourth-order valence-electron chi connectivity index (χ4n) is 4.96. The Labute approximate surface area is 125 Å². The van der Waals surface area contributed by atoms with Crippen molar-refractivity contribution in [2.45, 2.75) is 79.7 Å². The van der Waals surface area contributed by atoms with Crippen molar-refractivity contribution in [3.05, 3.63) is 0 Å². The highest BCUT2D eigenvalue weighted by atomic mass is 29.9. The molecule has 0 rings (SSSR count). The molecule has 0 fully saturated rings. The molecule has 114 valence electrons. The lowest BCUT2D eigenvalue weighted by Gasteiger charge is -2.57. The SMILES string of the molecule is CC(C)(C)C(=O)[Si]([Si](C)(C)C)([Si](C)(C)C)[Si](C)(C)C. The summed E-state index contributed by atoms with van der Waals surface area (Å²) in [7, 11) is -4.40. The quantitative estimate of drug-likeness (QED) is 0.673. The molecule has 0 aliphatic heterocycles. The summed E-state index contributed by atoms with van der Waals surface area (Å²) in [5.74, 6) is 0. The van der Waals surface area contributed by atoms with Gasteiger partial charge in [-0.1, -0.05) is 79.7 Å². The van der Waals surface area contributed by atoms with Crippen molar-refractivity contribution in [2.24, 2.45) is 5.41 Å². The van der Waals surface area contributed by atoms with Crippen LogP contribution in [-0.4, -0.2) is 34.8 Å². The van der Waals surface area contributed by atoms with Crippen LogP contribution in [0.1, 0.15) is 20.8 Å². The molecule has 0 radical (unpaired) electrons. The molecule has 0 aromatic heterocycles. The van der Waals surface area contributed by atoms with E-state index in [1.165, 1.54) is 0 Å². The van der Waals surface area contributed by atoms with Crippen molar-refractivity contribution >= 4 is 34.8 Å². The minimum absolute atomic E-state index is 0.160. The number of carbonyl (C=O) groups excluding carboxylic acids is 1. The molecule has 0 unspecified atom stereocenters. The van der Waals surface area contributed by atoms with Crippen LogP contribution in [0.4, 0.5) is 0 Å². The summed E-state index contributed by atoms with van der Waals surface area (Å²) in [5, 5.41) is 0.706. The van der Waals surface area contributed by atoms with Gasteiger partial charge in [-0.05, 0) is 0 Å². The van der Waals surface area contributed by atoms with E-state index < -0.39 is 29.4 Å². The van der Waals surface area contributed by atoms with E-state index in [1.807, 2.05) is 0 Å². The molecule has 0 aromatic rings. The van der Waals surface area contributed by atoms with Gasteiger partial charge in [-0.15, -0.1) is 0 Å². The van der Waals surface area contributed by atoms with Gasteiger partial charge in [0.15, 0.2) is 0 Å². The van der Waals surface area contributed by atoms with Crippen LogP contribution >= 0.6 is 0 Å². The maximum Gasteiger partial charge on any atom is 0.113 e. The summed E-state index contributed by atoms with van der Waals surface area (Å²) >= 11 is 0. The fraction of sp³-hybridized carbons (Fsp3) is 0.929. The van der Waals surface area contributed by atoms with E-state index in [4.69, 9.17) is 0 Å². The zero-order chi connectivity index (χ0) is 16.1. The van der Waals surface area contributed by atoms with Crippen molar-refractivity contribution in [1.82, 2.24) is 0 Å². The summed E-state index contributed by atoms with van der Waals surface area (Å²) < 4.78 is 0. The molecule has 0 atom stereocenters. The molecule has 0 spiro atoms. The van der Waals surface area contributed by atoms with Crippen LogP contribution in [-0.2, 0) is 4.79 Å². The molecule has 19 heavy (non-hydrogen) atoms. The highest BCUT2D eigenvalue weighted by molar-refractivity contribution is 7.96. The largest absolute Gasteiger partial charge is 0.306 e. The van der Waals surface area contributed by atoms with Gasteiger partial charge in [-0.3, -0.25) is 0 Å². The fourth-order valence-corrected chi connectivity index (χ4v) is 105. The Morgan fingerprint density at radius 3 is 0.895 bits per heavy atom. The summed E-state index contributed by atoms with van der Waals surface area (Å²) in [6.45, 7) is 27.0. The maximum atomic E-state index is 13.6.